The minimum absolute atomic E-state index is 0.818. The van der Waals surface area contributed by atoms with Gasteiger partial charge in [0.2, 0.25) is 0 Å². The maximum Gasteiger partial charge on any atom is 0.490 e. The van der Waals surface area contributed by atoms with E-state index < -0.39 is 55.1 Å². The average Bonchev–Trinajstić information content (AvgIpc) is 2.35. The van der Waals surface area contributed by atoms with E-state index in [0.29, 0.717) is 0 Å². The lowest BCUT2D eigenvalue weighted by Crippen LogP contribution is -2.51. The molecule has 0 aromatic carbocycles. The zero-order valence-electron chi connectivity index (χ0n) is 11.4. The smallest absolute Gasteiger partial charge is 0.387 e. The molecule has 0 aromatic heterocycles. The van der Waals surface area contributed by atoms with Gasteiger partial charge >= 0.3 is 23.5 Å². The van der Waals surface area contributed by atoms with Crippen LogP contribution in [0.3, 0.4) is 0 Å². The van der Waals surface area contributed by atoms with Gasteiger partial charge in [0.05, 0.1) is 6.61 Å². The van der Waals surface area contributed by atoms with Crippen LogP contribution in [0.25, 0.3) is 0 Å². The Balaban J connectivity index is 5.02. The molecule has 0 fully saturated rings. The number of rotatable bonds is 11. The Bertz CT molecular complexity index is 517. The fourth-order valence-corrected chi connectivity index (χ4v) is 4.18. The van der Waals surface area contributed by atoms with Crippen molar-refractivity contribution in [3.05, 3.63) is 0 Å². The lowest BCUT2D eigenvalue weighted by Gasteiger charge is -2.32. The highest BCUT2D eigenvalue weighted by atomic mass is 31.3. The van der Waals surface area contributed by atoms with Crippen LogP contribution >= 0.6 is 23.5 Å². The molecule has 0 saturated carbocycles. The van der Waals surface area contributed by atoms with E-state index in [1.165, 1.54) is 0 Å². The quantitative estimate of drug-likeness (QED) is 0.288. The summed E-state index contributed by atoms with van der Waals surface area (Å²) >= 11 is 0. The molecule has 140 valence electrons. The van der Waals surface area contributed by atoms with Crippen LogP contribution in [-0.2, 0) is 31.6 Å². The van der Waals surface area contributed by atoms with Gasteiger partial charge in [-0.1, -0.05) is 0 Å². The number of ether oxygens (including phenoxy) is 1. The van der Waals surface area contributed by atoms with Gasteiger partial charge < -0.3 is 29.4 Å². The number of phosphoric ester groups is 1. The number of hydrogen-bond donors (Lipinski definition) is 5. The molecule has 2 unspecified atom stereocenters. The van der Waals surface area contributed by atoms with E-state index in [2.05, 4.69) is 17.9 Å². The number of halogens is 2. The van der Waals surface area contributed by atoms with Crippen LogP contribution in [0.15, 0.2) is 0 Å². The molecule has 0 amide bonds. The van der Waals surface area contributed by atoms with Gasteiger partial charge in [-0.05, 0) is 0 Å². The second kappa shape index (κ2) is 8.52. The standard InChI is InChI=1S/C6H15F2O12P3/c1-17-6(3-8,5(9)2-7)4-18-22(13,14)20-23(15,16)19-21(10,11)12/h5,9H,2-4H2,1H3,(H,13,14)(H,15,16)(H2,10,11,12)/t5-,6+/m0/s1. The van der Waals surface area contributed by atoms with E-state index in [0.717, 1.165) is 7.11 Å². The Morgan fingerprint density at radius 2 is 1.57 bits per heavy atom. The first-order valence-corrected chi connectivity index (χ1v) is 9.88. The first-order valence-electron chi connectivity index (χ1n) is 5.36. The minimum atomic E-state index is -5.74. The van der Waals surface area contributed by atoms with Crippen LogP contribution in [0, 0.1) is 0 Å². The van der Waals surface area contributed by atoms with E-state index in [4.69, 9.17) is 19.6 Å². The van der Waals surface area contributed by atoms with Crippen molar-refractivity contribution in [3.63, 3.8) is 0 Å². The maximum atomic E-state index is 12.9. The maximum absolute atomic E-state index is 12.9. The van der Waals surface area contributed by atoms with Crippen molar-refractivity contribution >= 4 is 23.5 Å². The molecule has 23 heavy (non-hydrogen) atoms. The minimum Gasteiger partial charge on any atom is -0.387 e. The van der Waals surface area contributed by atoms with Crippen molar-refractivity contribution in [2.75, 3.05) is 27.1 Å². The molecule has 0 aliphatic carbocycles. The Hall–Kier alpha value is 0.190. The summed E-state index contributed by atoms with van der Waals surface area (Å²) < 4.78 is 73.5. The van der Waals surface area contributed by atoms with Crippen molar-refractivity contribution in [1.82, 2.24) is 0 Å². The molecule has 0 heterocycles. The van der Waals surface area contributed by atoms with E-state index >= 15 is 0 Å². The lowest BCUT2D eigenvalue weighted by atomic mass is 10.0. The van der Waals surface area contributed by atoms with E-state index in [1.807, 2.05) is 0 Å². The third-order valence-electron chi connectivity index (χ3n) is 2.27. The Labute approximate surface area is 128 Å². The van der Waals surface area contributed by atoms with Crippen LogP contribution in [0.1, 0.15) is 0 Å². The van der Waals surface area contributed by atoms with Gasteiger partial charge in [-0.2, -0.15) is 8.62 Å². The fourth-order valence-electron chi connectivity index (χ4n) is 1.11. The number of methoxy groups -OCH3 is 1. The van der Waals surface area contributed by atoms with E-state index in [1.54, 1.807) is 0 Å². The number of aliphatic hydroxyl groups excluding tert-OH is 1. The van der Waals surface area contributed by atoms with Gasteiger partial charge in [-0.25, -0.2) is 22.5 Å². The topological polar surface area (TPSA) is 189 Å². The summed E-state index contributed by atoms with van der Waals surface area (Å²) in [4.78, 5) is 34.6. The largest absolute Gasteiger partial charge is 0.490 e. The van der Waals surface area contributed by atoms with E-state index in [9.17, 15) is 27.6 Å². The summed E-state index contributed by atoms with van der Waals surface area (Å²) in [6, 6.07) is 0. The average molecular weight is 410 g/mol. The first-order chi connectivity index (χ1) is 10.2. The summed E-state index contributed by atoms with van der Waals surface area (Å²) in [6.07, 6.45) is -2.12. The van der Waals surface area contributed by atoms with Crippen LogP contribution in [0.4, 0.5) is 8.78 Å². The van der Waals surface area contributed by atoms with Gasteiger partial charge in [-0.3, -0.25) is 4.52 Å². The highest BCUT2D eigenvalue weighted by molar-refractivity contribution is 7.66. The normalized spacial score (nSPS) is 21.9. The third kappa shape index (κ3) is 8.21. The van der Waals surface area contributed by atoms with Crippen molar-refractivity contribution in [1.29, 1.82) is 0 Å². The van der Waals surface area contributed by atoms with Crippen molar-refractivity contribution in [2.45, 2.75) is 11.7 Å². The van der Waals surface area contributed by atoms with Crippen LogP contribution < -0.4 is 0 Å². The fraction of sp³-hybridized carbons (Fsp3) is 1.00. The Kier molecular flexibility index (Phi) is 8.59. The molecule has 0 aliphatic rings. The van der Waals surface area contributed by atoms with Gasteiger partial charge in [0.1, 0.15) is 25.1 Å². The molecule has 0 aromatic rings. The highest BCUT2D eigenvalue weighted by Gasteiger charge is 2.45. The first kappa shape index (κ1) is 23.2. The summed E-state index contributed by atoms with van der Waals surface area (Å²) in [7, 11) is -16.0. The van der Waals surface area contributed by atoms with Gasteiger partial charge in [0.15, 0.2) is 0 Å². The Morgan fingerprint density at radius 1 is 1.04 bits per heavy atom. The lowest BCUT2D eigenvalue weighted by molar-refractivity contribution is -0.141. The second-order valence-corrected chi connectivity index (χ2v) is 8.36. The second-order valence-electron chi connectivity index (χ2n) is 3.94. The zero-order chi connectivity index (χ0) is 18.5. The predicted molar refractivity (Wildman–Crippen MR) is 67.5 cm³/mol. The molecule has 0 radical (unpaired) electrons. The summed E-state index contributed by atoms with van der Waals surface area (Å²) in [6.45, 7) is -4.41. The Morgan fingerprint density at radius 3 is 1.91 bits per heavy atom. The molecule has 0 spiro atoms. The zero-order valence-corrected chi connectivity index (χ0v) is 14.1. The molecule has 12 nitrogen and oxygen atoms in total. The molecular formula is C6H15F2O12P3. The van der Waals surface area contributed by atoms with Gasteiger partial charge in [0.25, 0.3) is 0 Å². The molecule has 5 N–H and O–H groups in total. The third-order valence-corrected chi connectivity index (χ3v) is 6.06. The molecule has 0 saturated heterocycles. The SMILES string of the molecule is CO[C@](CF)(COP(=O)(O)OP(=O)(O)OP(=O)(O)O)[C@@H](O)CF. The summed E-state index contributed by atoms with van der Waals surface area (Å²) in [5.74, 6) is 0. The number of hydrogen-bond acceptors (Lipinski definition) is 8. The molecular weight excluding hydrogens is 395 g/mol. The van der Waals surface area contributed by atoms with Gasteiger partial charge in [0, 0.05) is 7.11 Å². The molecule has 4 atom stereocenters. The van der Waals surface area contributed by atoms with E-state index in [-0.39, 0.29) is 0 Å². The van der Waals surface area contributed by atoms with Crippen molar-refractivity contribution in [3.8, 4) is 0 Å². The molecule has 0 rings (SSSR count). The highest BCUT2D eigenvalue weighted by Crippen LogP contribution is 2.66. The molecule has 17 heteroatoms. The van der Waals surface area contributed by atoms with Gasteiger partial charge in [-0.15, -0.1) is 0 Å². The van der Waals surface area contributed by atoms with Crippen molar-refractivity contribution < 1.29 is 65.0 Å². The van der Waals surface area contributed by atoms with Crippen LogP contribution in [0.5, 0.6) is 0 Å². The van der Waals surface area contributed by atoms with Crippen LogP contribution in [-0.4, -0.2) is 63.5 Å². The number of alkyl halides is 2. The van der Waals surface area contributed by atoms with Crippen LogP contribution in [0.2, 0.25) is 0 Å². The molecule has 0 bridgehead atoms. The monoisotopic (exact) mass is 410 g/mol. The summed E-state index contributed by atoms with van der Waals surface area (Å²) in [5, 5.41) is 9.29. The number of aliphatic hydroxyl groups is 1. The number of phosphoric acid groups is 3. The molecule has 0 aliphatic heterocycles. The van der Waals surface area contributed by atoms with Crippen molar-refractivity contribution in [2.24, 2.45) is 0 Å². The summed E-state index contributed by atoms with van der Waals surface area (Å²) in [5.41, 5.74) is -2.43. The predicted octanol–water partition coefficient (Wildman–Crippen LogP) is 0.0148.